The van der Waals surface area contributed by atoms with E-state index in [1.165, 1.54) is 0 Å². The molecular formula is C11H21NO2S. The van der Waals surface area contributed by atoms with Crippen LogP contribution in [0.25, 0.3) is 0 Å². The lowest BCUT2D eigenvalue weighted by atomic mass is 9.96. The fourth-order valence-corrected chi connectivity index (χ4v) is 4.32. The summed E-state index contributed by atoms with van der Waals surface area (Å²) in [5.41, 5.74) is 6.13. The molecule has 0 aromatic heterocycles. The SMILES string of the molecule is NC1(CCCC2CCCS(=O)(=O)C2)CC1. The molecule has 1 saturated carbocycles. The van der Waals surface area contributed by atoms with E-state index in [4.69, 9.17) is 5.73 Å². The van der Waals surface area contributed by atoms with Crippen molar-refractivity contribution in [2.75, 3.05) is 11.5 Å². The molecule has 2 N–H and O–H groups in total. The number of rotatable bonds is 4. The molecule has 15 heavy (non-hydrogen) atoms. The first-order valence-corrected chi connectivity index (χ1v) is 7.81. The van der Waals surface area contributed by atoms with Crippen LogP contribution >= 0.6 is 0 Å². The molecule has 1 aliphatic carbocycles. The summed E-state index contributed by atoms with van der Waals surface area (Å²) in [6, 6.07) is 0. The Balaban J connectivity index is 1.70. The quantitative estimate of drug-likeness (QED) is 0.797. The summed E-state index contributed by atoms with van der Waals surface area (Å²) in [7, 11) is -2.71. The Morgan fingerprint density at radius 1 is 1.33 bits per heavy atom. The highest BCUT2D eigenvalue weighted by Gasteiger charge is 2.37. The van der Waals surface area contributed by atoms with E-state index in [1.807, 2.05) is 0 Å². The minimum Gasteiger partial charge on any atom is -0.325 e. The fraction of sp³-hybridized carbons (Fsp3) is 1.00. The molecule has 3 nitrogen and oxygen atoms in total. The maximum absolute atomic E-state index is 11.4. The molecule has 0 aromatic rings. The first-order valence-electron chi connectivity index (χ1n) is 5.98. The third-order valence-corrected chi connectivity index (χ3v) is 5.63. The second-order valence-electron chi connectivity index (χ2n) is 5.38. The topological polar surface area (TPSA) is 60.2 Å². The van der Waals surface area contributed by atoms with Gasteiger partial charge in [0, 0.05) is 5.54 Å². The minimum atomic E-state index is -2.71. The maximum atomic E-state index is 11.4. The largest absolute Gasteiger partial charge is 0.325 e. The summed E-state index contributed by atoms with van der Waals surface area (Å²) in [5, 5.41) is 0. The summed E-state index contributed by atoms with van der Waals surface area (Å²) in [4.78, 5) is 0. The average molecular weight is 231 g/mol. The van der Waals surface area contributed by atoms with Crippen LogP contribution < -0.4 is 5.73 Å². The van der Waals surface area contributed by atoms with Crippen molar-refractivity contribution in [1.82, 2.24) is 0 Å². The Labute approximate surface area is 92.3 Å². The van der Waals surface area contributed by atoms with E-state index in [1.54, 1.807) is 0 Å². The van der Waals surface area contributed by atoms with Crippen LogP contribution in [0.1, 0.15) is 44.9 Å². The zero-order chi connectivity index (χ0) is 10.9. The van der Waals surface area contributed by atoms with Gasteiger partial charge in [0.25, 0.3) is 0 Å². The molecule has 1 atom stereocenters. The van der Waals surface area contributed by atoms with E-state index in [2.05, 4.69) is 0 Å². The van der Waals surface area contributed by atoms with Crippen molar-refractivity contribution in [2.24, 2.45) is 11.7 Å². The van der Waals surface area contributed by atoms with E-state index in [0.29, 0.717) is 17.4 Å². The van der Waals surface area contributed by atoms with E-state index < -0.39 is 9.84 Å². The van der Waals surface area contributed by atoms with Gasteiger partial charge in [-0.15, -0.1) is 0 Å². The number of sulfone groups is 1. The Bertz CT molecular complexity index is 319. The Morgan fingerprint density at radius 3 is 2.67 bits per heavy atom. The van der Waals surface area contributed by atoms with Crippen molar-refractivity contribution >= 4 is 9.84 Å². The van der Waals surface area contributed by atoms with Crippen LogP contribution in [-0.2, 0) is 9.84 Å². The molecular weight excluding hydrogens is 210 g/mol. The van der Waals surface area contributed by atoms with Crippen LogP contribution in [0, 0.1) is 5.92 Å². The third-order valence-electron chi connectivity index (χ3n) is 3.74. The van der Waals surface area contributed by atoms with Crippen LogP contribution in [0.4, 0.5) is 0 Å². The van der Waals surface area contributed by atoms with Crippen molar-refractivity contribution in [3.05, 3.63) is 0 Å². The van der Waals surface area contributed by atoms with E-state index in [0.717, 1.165) is 44.9 Å². The molecule has 0 spiro atoms. The normalized spacial score (nSPS) is 32.5. The number of hydrogen-bond donors (Lipinski definition) is 1. The summed E-state index contributed by atoms with van der Waals surface area (Å²) in [6.07, 6.45) is 7.53. The summed E-state index contributed by atoms with van der Waals surface area (Å²) in [5.74, 6) is 1.24. The molecule has 88 valence electrons. The van der Waals surface area contributed by atoms with E-state index in [-0.39, 0.29) is 5.54 Å². The van der Waals surface area contributed by atoms with Gasteiger partial charge in [-0.1, -0.05) is 6.42 Å². The highest BCUT2D eigenvalue weighted by atomic mass is 32.2. The first-order chi connectivity index (χ1) is 6.99. The van der Waals surface area contributed by atoms with Crippen molar-refractivity contribution in [3.8, 4) is 0 Å². The van der Waals surface area contributed by atoms with Crippen LogP contribution in [0.3, 0.4) is 0 Å². The van der Waals surface area contributed by atoms with E-state index >= 15 is 0 Å². The molecule has 4 heteroatoms. The highest BCUT2D eigenvalue weighted by Crippen LogP contribution is 2.37. The van der Waals surface area contributed by atoms with Gasteiger partial charge < -0.3 is 5.73 Å². The molecule has 1 heterocycles. The molecule has 0 amide bonds. The molecule has 0 aromatic carbocycles. The van der Waals surface area contributed by atoms with Gasteiger partial charge in [0.1, 0.15) is 0 Å². The van der Waals surface area contributed by atoms with Crippen molar-refractivity contribution in [1.29, 1.82) is 0 Å². The zero-order valence-electron chi connectivity index (χ0n) is 9.24. The smallest absolute Gasteiger partial charge is 0.150 e. The molecule has 2 rings (SSSR count). The highest BCUT2D eigenvalue weighted by molar-refractivity contribution is 7.91. The molecule has 1 unspecified atom stereocenters. The summed E-state index contributed by atoms with van der Waals surface area (Å²) >= 11 is 0. The van der Waals surface area contributed by atoms with Gasteiger partial charge in [0.05, 0.1) is 11.5 Å². The summed E-state index contributed by atoms with van der Waals surface area (Å²) < 4.78 is 22.8. The van der Waals surface area contributed by atoms with Gasteiger partial charge >= 0.3 is 0 Å². The fourth-order valence-electron chi connectivity index (χ4n) is 2.50. The van der Waals surface area contributed by atoms with Crippen LogP contribution in [0.2, 0.25) is 0 Å². The third kappa shape index (κ3) is 3.45. The second kappa shape index (κ2) is 4.06. The number of nitrogens with two attached hydrogens (primary N) is 1. The van der Waals surface area contributed by atoms with Gasteiger partial charge in [-0.3, -0.25) is 0 Å². The molecule has 0 bridgehead atoms. The van der Waals surface area contributed by atoms with Gasteiger partial charge in [0.15, 0.2) is 9.84 Å². The Kier molecular flexibility index (Phi) is 3.08. The van der Waals surface area contributed by atoms with E-state index in [9.17, 15) is 8.42 Å². The molecule has 1 aliphatic heterocycles. The zero-order valence-corrected chi connectivity index (χ0v) is 10.1. The van der Waals surface area contributed by atoms with Gasteiger partial charge in [-0.05, 0) is 44.4 Å². The van der Waals surface area contributed by atoms with Gasteiger partial charge in [0.2, 0.25) is 0 Å². The second-order valence-corrected chi connectivity index (χ2v) is 7.61. The van der Waals surface area contributed by atoms with Crippen LogP contribution in [0.15, 0.2) is 0 Å². The lowest BCUT2D eigenvalue weighted by molar-refractivity contribution is 0.424. The van der Waals surface area contributed by atoms with Crippen LogP contribution in [0.5, 0.6) is 0 Å². The lowest BCUT2D eigenvalue weighted by Gasteiger charge is -2.22. The maximum Gasteiger partial charge on any atom is 0.150 e. The molecule has 2 aliphatic rings. The standard InChI is InChI=1S/C11H21NO2S/c12-11(6-7-11)5-1-3-10-4-2-8-15(13,14)9-10/h10H,1-9,12H2. The van der Waals surface area contributed by atoms with Crippen molar-refractivity contribution in [3.63, 3.8) is 0 Å². The molecule has 2 fully saturated rings. The first kappa shape index (κ1) is 11.4. The van der Waals surface area contributed by atoms with Gasteiger partial charge in [-0.2, -0.15) is 0 Å². The van der Waals surface area contributed by atoms with Gasteiger partial charge in [-0.25, -0.2) is 8.42 Å². The predicted molar refractivity (Wildman–Crippen MR) is 61.4 cm³/mol. The average Bonchev–Trinajstić information content (AvgIpc) is 2.82. The predicted octanol–water partition coefficient (Wildman–Crippen LogP) is 1.47. The minimum absolute atomic E-state index is 0.132. The Hall–Kier alpha value is -0.0900. The monoisotopic (exact) mass is 231 g/mol. The van der Waals surface area contributed by atoms with Crippen LogP contribution in [-0.4, -0.2) is 25.5 Å². The Morgan fingerprint density at radius 2 is 2.07 bits per heavy atom. The van der Waals surface area contributed by atoms with Crippen molar-refractivity contribution in [2.45, 2.75) is 50.5 Å². The van der Waals surface area contributed by atoms with Crippen molar-refractivity contribution < 1.29 is 8.42 Å². The lowest BCUT2D eigenvalue weighted by Crippen LogP contribution is -2.26. The molecule has 1 saturated heterocycles. The molecule has 0 radical (unpaired) electrons. The summed E-state index contributed by atoms with van der Waals surface area (Å²) in [6.45, 7) is 0. The number of hydrogen-bond acceptors (Lipinski definition) is 3.